The maximum absolute atomic E-state index is 11.1. The summed E-state index contributed by atoms with van der Waals surface area (Å²) in [7, 11) is 1.60. The summed E-state index contributed by atoms with van der Waals surface area (Å²) in [5, 5.41) is 0. The molecule has 3 nitrogen and oxygen atoms in total. The molecule has 0 N–H and O–H groups in total. The molecular weight excluding hydrogens is 360 g/mol. The molecule has 0 bridgehead atoms. The van der Waals surface area contributed by atoms with Crippen molar-refractivity contribution in [3.63, 3.8) is 0 Å². The van der Waals surface area contributed by atoms with Gasteiger partial charge in [-0.05, 0) is 18.6 Å². The molecule has 1 aromatic rings. The molecule has 166 valence electrons. The van der Waals surface area contributed by atoms with Crippen LogP contribution in [0.3, 0.4) is 0 Å². The second-order valence-electron chi connectivity index (χ2n) is 8.15. The molecular formula is C26H44O3. The highest BCUT2D eigenvalue weighted by atomic mass is 16.5. The highest BCUT2D eigenvalue weighted by Gasteiger charge is 2.09. The standard InChI is InChI=1S/C26H44O3/c1-3-4-5-6-7-8-9-10-11-12-13-14-15-16-17-18-22-29-26-24(23-27)20-19-21-25(26)28-2/h19-21,23H,3-18,22H2,1-2H3. The van der Waals surface area contributed by atoms with Gasteiger partial charge in [0, 0.05) is 0 Å². The molecule has 3 heteroatoms. The lowest BCUT2D eigenvalue weighted by molar-refractivity contribution is 0.111. The first kappa shape index (κ1) is 25.5. The Hall–Kier alpha value is -1.51. The number of hydrogen-bond acceptors (Lipinski definition) is 3. The van der Waals surface area contributed by atoms with Gasteiger partial charge in [-0.15, -0.1) is 0 Å². The third-order valence-corrected chi connectivity index (χ3v) is 5.60. The Morgan fingerprint density at radius 2 is 1.21 bits per heavy atom. The first-order valence-electron chi connectivity index (χ1n) is 12.1. The van der Waals surface area contributed by atoms with Gasteiger partial charge in [0.05, 0.1) is 19.3 Å². The predicted octanol–water partition coefficient (Wildman–Crippen LogP) is 8.15. The molecule has 1 rings (SSSR count). The molecule has 0 atom stereocenters. The lowest BCUT2D eigenvalue weighted by Crippen LogP contribution is -2.02. The molecule has 0 amide bonds. The maximum atomic E-state index is 11.1. The monoisotopic (exact) mass is 404 g/mol. The van der Waals surface area contributed by atoms with Gasteiger partial charge in [0.2, 0.25) is 0 Å². The summed E-state index contributed by atoms with van der Waals surface area (Å²) >= 11 is 0. The Kier molecular flexibility index (Phi) is 16.3. The maximum Gasteiger partial charge on any atom is 0.171 e. The topological polar surface area (TPSA) is 35.5 Å². The van der Waals surface area contributed by atoms with Gasteiger partial charge in [-0.25, -0.2) is 0 Å². The Morgan fingerprint density at radius 1 is 0.724 bits per heavy atom. The molecule has 0 heterocycles. The number of ether oxygens (including phenoxy) is 2. The van der Waals surface area contributed by atoms with Crippen molar-refractivity contribution in [2.75, 3.05) is 13.7 Å². The summed E-state index contributed by atoms with van der Waals surface area (Å²) in [6.45, 7) is 2.92. The minimum absolute atomic E-state index is 0.556. The quantitative estimate of drug-likeness (QED) is 0.162. The number of carbonyl (C=O) groups is 1. The van der Waals surface area contributed by atoms with Crippen LogP contribution in [0.1, 0.15) is 120 Å². The third kappa shape index (κ3) is 12.6. The number of para-hydroxylation sites is 1. The lowest BCUT2D eigenvalue weighted by atomic mass is 10.0. The molecule has 29 heavy (non-hydrogen) atoms. The average molecular weight is 405 g/mol. The van der Waals surface area contributed by atoms with E-state index in [2.05, 4.69) is 6.92 Å². The summed E-state index contributed by atoms with van der Waals surface area (Å²) in [6.07, 6.45) is 22.6. The van der Waals surface area contributed by atoms with Gasteiger partial charge in [0.25, 0.3) is 0 Å². The van der Waals surface area contributed by atoms with Crippen LogP contribution in [0.2, 0.25) is 0 Å². The lowest BCUT2D eigenvalue weighted by Gasteiger charge is -2.12. The van der Waals surface area contributed by atoms with Crippen LogP contribution in [0.15, 0.2) is 18.2 Å². The van der Waals surface area contributed by atoms with E-state index in [1.807, 2.05) is 12.1 Å². The van der Waals surface area contributed by atoms with Crippen molar-refractivity contribution < 1.29 is 14.3 Å². The zero-order valence-corrected chi connectivity index (χ0v) is 19.1. The third-order valence-electron chi connectivity index (χ3n) is 5.60. The van der Waals surface area contributed by atoms with Crippen LogP contribution in [0.25, 0.3) is 0 Å². The van der Waals surface area contributed by atoms with Crippen LogP contribution >= 0.6 is 0 Å². The SMILES string of the molecule is CCCCCCCCCCCCCCCCCCOc1c(C=O)cccc1OC. The number of unbranched alkanes of at least 4 members (excludes halogenated alkanes) is 15. The average Bonchev–Trinajstić information content (AvgIpc) is 2.75. The fourth-order valence-corrected chi connectivity index (χ4v) is 3.77. The smallest absolute Gasteiger partial charge is 0.171 e. The summed E-state index contributed by atoms with van der Waals surface area (Å²) < 4.78 is 11.1. The fourth-order valence-electron chi connectivity index (χ4n) is 3.77. The second kappa shape index (κ2) is 18.5. The number of methoxy groups -OCH3 is 1. The number of aldehydes is 1. The molecule has 0 aromatic heterocycles. The molecule has 0 aliphatic heterocycles. The van der Waals surface area contributed by atoms with E-state index in [1.165, 1.54) is 96.3 Å². The van der Waals surface area contributed by atoms with E-state index in [0.717, 1.165) is 12.7 Å². The van der Waals surface area contributed by atoms with E-state index in [0.29, 0.717) is 23.7 Å². The fraction of sp³-hybridized carbons (Fsp3) is 0.731. The minimum Gasteiger partial charge on any atom is -0.493 e. The summed E-state index contributed by atoms with van der Waals surface area (Å²) in [4.78, 5) is 11.1. The Labute approximate surface area is 179 Å². The van der Waals surface area contributed by atoms with Crippen molar-refractivity contribution in [1.82, 2.24) is 0 Å². The molecule has 0 fully saturated rings. The normalized spacial score (nSPS) is 10.8. The highest BCUT2D eigenvalue weighted by molar-refractivity contribution is 5.81. The zero-order valence-electron chi connectivity index (χ0n) is 19.1. The van der Waals surface area contributed by atoms with Gasteiger partial charge in [-0.1, -0.05) is 109 Å². The second-order valence-corrected chi connectivity index (χ2v) is 8.15. The van der Waals surface area contributed by atoms with Crippen LogP contribution in [0.5, 0.6) is 11.5 Å². The first-order valence-corrected chi connectivity index (χ1v) is 12.1. The number of benzene rings is 1. The van der Waals surface area contributed by atoms with Gasteiger partial charge in [0.1, 0.15) is 0 Å². The van der Waals surface area contributed by atoms with Crippen molar-refractivity contribution in [3.05, 3.63) is 23.8 Å². The highest BCUT2D eigenvalue weighted by Crippen LogP contribution is 2.30. The van der Waals surface area contributed by atoms with E-state index in [1.54, 1.807) is 13.2 Å². The van der Waals surface area contributed by atoms with Gasteiger partial charge in [-0.3, -0.25) is 4.79 Å². The van der Waals surface area contributed by atoms with Crippen LogP contribution in [-0.4, -0.2) is 20.0 Å². The Balaban J connectivity index is 1.89. The van der Waals surface area contributed by atoms with Crippen molar-refractivity contribution in [2.24, 2.45) is 0 Å². The predicted molar refractivity (Wildman–Crippen MR) is 123 cm³/mol. The summed E-state index contributed by atoms with van der Waals surface area (Å²) in [5.41, 5.74) is 0.556. The van der Waals surface area contributed by atoms with Crippen molar-refractivity contribution in [1.29, 1.82) is 0 Å². The van der Waals surface area contributed by atoms with Crippen LogP contribution in [0, 0.1) is 0 Å². The van der Waals surface area contributed by atoms with Crippen LogP contribution < -0.4 is 9.47 Å². The van der Waals surface area contributed by atoms with Crippen LogP contribution in [-0.2, 0) is 0 Å². The Morgan fingerprint density at radius 3 is 1.66 bits per heavy atom. The molecule has 1 aromatic carbocycles. The van der Waals surface area contributed by atoms with Crippen LogP contribution in [0.4, 0.5) is 0 Å². The molecule has 0 saturated carbocycles. The van der Waals surface area contributed by atoms with Gasteiger partial charge in [0.15, 0.2) is 17.8 Å². The molecule has 0 unspecified atom stereocenters. The van der Waals surface area contributed by atoms with E-state index >= 15 is 0 Å². The zero-order chi connectivity index (χ0) is 21.0. The van der Waals surface area contributed by atoms with Gasteiger partial charge >= 0.3 is 0 Å². The van der Waals surface area contributed by atoms with E-state index < -0.39 is 0 Å². The minimum atomic E-state index is 0.556. The van der Waals surface area contributed by atoms with Crippen molar-refractivity contribution in [3.8, 4) is 11.5 Å². The largest absolute Gasteiger partial charge is 0.493 e. The molecule has 0 aliphatic rings. The summed E-state index contributed by atoms with van der Waals surface area (Å²) in [6, 6.07) is 5.40. The first-order chi connectivity index (χ1) is 14.3. The molecule has 0 saturated heterocycles. The van der Waals surface area contributed by atoms with E-state index in [-0.39, 0.29) is 0 Å². The van der Waals surface area contributed by atoms with Crippen molar-refractivity contribution in [2.45, 2.75) is 110 Å². The van der Waals surface area contributed by atoms with Gasteiger partial charge < -0.3 is 9.47 Å². The van der Waals surface area contributed by atoms with Gasteiger partial charge in [-0.2, -0.15) is 0 Å². The molecule has 0 spiro atoms. The molecule has 0 radical (unpaired) electrons. The summed E-state index contributed by atoms with van der Waals surface area (Å²) in [5.74, 6) is 1.21. The van der Waals surface area contributed by atoms with E-state index in [4.69, 9.17) is 9.47 Å². The van der Waals surface area contributed by atoms with Crippen molar-refractivity contribution >= 4 is 6.29 Å². The van der Waals surface area contributed by atoms with E-state index in [9.17, 15) is 4.79 Å². The Bertz CT molecular complexity index is 513. The number of hydrogen-bond donors (Lipinski definition) is 0. The molecule has 0 aliphatic carbocycles. The number of carbonyl (C=O) groups excluding carboxylic acids is 1. The number of rotatable bonds is 20.